The lowest BCUT2D eigenvalue weighted by Gasteiger charge is -2.25. The number of aromatic nitrogens is 1. The molecule has 5 nitrogen and oxygen atoms in total. The fraction of sp³-hybridized carbons (Fsp3) is 0.333. The summed E-state index contributed by atoms with van der Waals surface area (Å²) in [4.78, 5) is 5.25. The van der Waals surface area contributed by atoms with Gasteiger partial charge in [0.1, 0.15) is 16.5 Å². The number of anilines is 1. The van der Waals surface area contributed by atoms with Gasteiger partial charge in [0.15, 0.2) is 0 Å². The van der Waals surface area contributed by atoms with Crippen molar-refractivity contribution in [3.8, 4) is 0 Å². The summed E-state index contributed by atoms with van der Waals surface area (Å²) in [6.07, 6.45) is 1.99. The number of nitrogens with one attached hydrogen (secondary N) is 2. The highest BCUT2D eigenvalue weighted by Crippen LogP contribution is 2.29. The topological polar surface area (TPSA) is 65.2 Å². The molecular formula is C15H16BrF2N3O2S. The van der Waals surface area contributed by atoms with Crippen molar-refractivity contribution >= 4 is 31.6 Å². The molecule has 0 unspecified atom stereocenters. The number of hydrogen-bond acceptors (Lipinski definition) is 3. The van der Waals surface area contributed by atoms with E-state index in [4.69, 9.17) is 0 Å². The average Bonchev–Trinajstić information content (AvgIpc) is 2.96. The third-order valence-corrected chi connectivity index (χ3v) is 6.13. The molecule has 0 radical (unpaired) electrons. The Bertz CT molecular complexity index is 883. The van der Waals surface area contributed by atoms with Crippen molar-refractivity contribution in [1.82, 2.24) is 9.88 Å². The largest absolute Gasteiger partial charge is 0.362 e. The molecule has 0 saturated carbocycles. The molecule has 0 saturated heterocycles. The molecule has 2 N–H and O–H groups in total. The predicted molar refractivity (Wildman–Crippen MR) is 90.3 cm³/mol. The Labute approximate surface area is 147 Å². The molecule has 1 aromatic heterocycles. The zero-order valence-electron chi connectivity index (χ0n) is 12.9. The quantitative estimate of drug-likeness (QED) is 0.747. The molecule has 2 aromatic rings. The van der Waals surface area contributed by atoms with Crippen molar-refractivity contribution in [1.29, 1.82) is 0 Å². The Morgan fingerprint density at radius 3 is 2.79 bits per heavy atom. The minimum Gasteiger partial charge on any atom is -0.362 e. The van der Waals surface area contributed by atoms with Crippen LogP contribution in [0.2, 0.25) is 0 Å². The molecule has 0 bridgehead atoms. The summed E-state index contributed by atoms with van der Waals surface area (Å²) < 4.78 is 54.7. The molecule has 130 valence electrons. The smallest absolute Gasteiger partial charge is 0.263 e. The van der Waals surface area contributed by atoms with Gasteiger partial charge in [-0.3, -0.25) is 9.62 Å². The molecule has 1 aromatic carbocycles. The van der Waals surface area contributed by atoms with Crippen LogP contribution in [0.25, 0.3) is 0 Å². The number of likely N-dealkylation sites (N-methyl/N-ethyl adjacent to an activating group) is 1. The second-order valence-electron chi connectivity index (χ2n) is 5.58. The van der Waals surface area contributed by atoms with Crippen LogP contribution >= 0.6 is 15.9 Å². The van der Waals surface area contributed by atoms with Gasteiger partial charge in [0, 0.05) is 31.0 Å². The zero-order chi connectivity index (χ0) is 17.5. The summed E-state index contributed by atoms with van der Waals surface area (Å²) in [5, 5.41) is 0. The molecule has 2 heterocycles. The van der Waals surface area contributed by atoms with Gasteiger partial charge in [0.05, 0.1) is 10.2 Å². The van der Waals surface area contributed by atoms with Crippen molar-refractivity contribution in [3.63, 3.8) is 0 Å². The summed E-state index contributed by atoms with van der Waals surface area (Å²) in [6, 6.07) is 1.70. The van der Waals surface area contributed by atoms with E-state index in [9.17, 15) is 17.2 Å². The molecule has 0 aliphatic carbocycles. The second-order valence-corrected chi connectivity index (χ2v) is 8.09. The monoisotopic (exact) mass is 419 g/mol. The summed E-state index contributed by atoms with van der Waals surface area (Å²) in [5.41, 5.74) is 1.12. The van der Waals surface area contributed by atoms with Crippen molar-refractivity contribution in [3.05, 3.63) is 45.7 Å². The van der Waals surface area contributed by atoms with E-state index in [-0.39, 0.29) is 9.37 Å². The van der Waals surface area contributed by atoms with E-state index in [1.54, 1.807) is 0 Å². The second kappa shape index (κ2) is 6.45. The number of nitrogens with zero attached hydrogens (tertiary/aromatic N) is 1. The summed E-state index contributed by atoms with van der Waals surface area (Å²) in [5.74, 6) is -1.60. The number of aromatic amines is 1. The highest BCUT2D eigenvalue weighted by molar-refractivity contribution is 9.10. The lowest BCUT2D eigenvalue weighted by molar-refractivity contribution is 0.264. The van der Waals surface area contributed by atoms with Gasteiger partial charge < -0.3 is 4.98 Å². The Morgan fingerprint density at radius 1 is 1.33 bits per heavy atom. The van der Waals surface area contributed by atoms with E-state index >= 15 is 0 Å². The molecule has 0 atom stereocenters. The third kappa shape index (κ3) is 3.20. The van der Waals surface area contributed by atoms with Gasteiger partial charge in [0.25, 0.3) is 10.0 Å². The van der Waals surface area contributed by atoms with Crippen molar-refractivity contribution in [2.24, 2.45) is 0 Å². The minimum atomic E-state index is -4.01. The number of halogens is 3. The Kier molecular flexibility index (Phi) is 4.67. The highest BCUT2D eigenvalue weighted by Gasteiger charge is 2.27. The van der Waals surface area contributed by atoms with Gasteiger partial charge in [-0.25, -0.2) is 17.2 Å². The lowest BCUT2D eigenvalue weighted by atomic mass is 10.1. The molecule has 9 heteroatoms. The summed E-state index contributed by atoms with van der Waals surface area (Å²) in [7, 11) is -4.01. The predicted octanol–water partition coefficient (Wildman–Crippen LogP) is 3.23. The maximum Gasteiger partial charge on any atom is 0.263 e. The van der Waals surface area contributed by atoms with Gasteiger partial charge in [-0.1, -0.05) is 6.92 Å². The number of benzene rings is 1. The van der Waals surface area contributed by atoms with Gasteiger partial charge in [-0.15, -0.1) is 0 Å². The van der Waals surface area contributed by atoms with Crippen LogP contribution in [0.1, 0.15) is 18.2 Å². The third-order valence-electron chi connectivity index (χ3n) is 4.09. The number of fused-ring (bicyclic) bond motifs is 1. The molecule has 0 fully saturated rings. The first-order valence-electron chi connectivity index (χ1n) is 7.40. The van der Waals surface area contributed by atoms with Crippen LogP contribution in [0.15, 0.2) is 27.7 Å². The van der Waals surface area contributed by atoms with Gasteiger partial charge in [-0.05, 0) is 40.5 Å². The Morgan fingerprint density at radius 2 is 2.08 bits per heavy atom. The highest BCUT2D eigenvalue weighted by atomic mass is 79.9. The normalized spacial score (nSPS) is 15.3. The molecular weight excluding hydrogens is 404 g/mol. The van der Waals surface area contributed by atoms with E-state index in [0.29, 0.717) is 18.5 Å². The summed E-state index contributed by atoms with van der Waals surface area (Å²) >= 11 is 2.86. The molecule has 24 heavy (non-hydrogen) atoms. The van der Waals surface area contributed by atoms with Gasteiger partial charge in [-0.2, -0.15) is 0 Å². The van der Waals surface area contributed by atoms with Crippen molar-refractivity contribution in [2.45, 2.75) is 24.8 Å². The van der Waals surface area contributed by atoms with E-state index in [1.807, 2.05) is 6.92 Å². The van der Waals surface area contributed by atoms with E-state index in [1.165, 1.54) is 6.20 Å². The number of H-pyrrole nitrogens is 1. The van der Waals surface area contributed by atoms with Crippen molar-refractivity contribution in [2.75, 3.05) is 17.8 Å². The summed E-state index contributed by atoms with van der Waals surface area (Å²) in [6.45, 7) is 4.31. The molecule has 1 aliphatic rings. The Hall–Kier alpha value is -1.45. The van der Waals surface area contributed by atoms with E-state index < -0.39 is 27.3 Å². The SMILES string of the molecule is CCN1CCc2c(S(=O)(=O)Nc3cc(F)c(Br)cc3F)c[nH]c2C1. The molecule has 0 amide bonds. The number of sulfonamides is 1. The minimum absolute atomic E-state index is 0.0679. The molecule has 1 aliphatic heterocycles. The standard InChI is InChI=1S/C15H16BrF2N3O2S/c1-2-21-4-3-9-14(8-21)19-7-15(9)24(22,23)20-13-6-11(17)10(16)5-12(13)18/h5-7,19-20H,2-4,8H2,1H3. The number of hydrogen-bond donors (Lipinski definition) is 2. The fourth-order valence-corrected chi connectivity index (χ4v) is 4.41. The van der Waals surface area contributed by atoms with Crippen LogP contribution in [0.4, 0.5) is 14.5 Å². The van der Waals surface area contributed by atoms with E-state index in [0.717, 1.165) is 30.9 Å². The first-order valence-corrected chi connectivity index (χ1v) is 9.68. The maximum atomic E-state index is 13.9. The van der Waals surface area contributed by atoms with Crippen LogP contribution in [0.3, 0.4) is 0 Å². The average molecular weight is 420 g/mol. The van der Waals surface area contributed by atoms with Crippen LogP contribution in [0, 0.1) is 11.6 Å². The maximum absolute atomic E-state index is 13.9. The van der Waals surface area contributed by atoms with Crippen LogP contribution in [0.5, 0.6) is 0 Å². The number of rotatable bonds is 4. The van der Waals surface area contributed by atoms with Gasteiger partial charge in [0.2, 0.25) is 0 Å². The van der Waals surface area contributed by atoms with Crippen LogP contribution in [-0.2, 0) is 23.0 Å². The van der Waals surface area contributed by atoms with Crippen molar-refractivity contribution < 1.29 is 17.2 Å². The lowest BCUT2D eigenvalue weighted by Crippen LogP contribution is -2.30. The molecule has 0 spiro atoms. The Balaban J connectivity index is 1.93. The van der Waals surface area contributed by atoms with Crippen LogP contribution < -0.4 is 4.72 Å². The van der Waals surface area contributed by atoms with Gasteiger partial charge >= 0.3 is 0 Å². The first-order chi connectivity index (χ1) is 11.3. The fourth-order valence-electron chi connectivity index (χ4n) is 2.77. The zero-order valence-corrected chi connectivity index (χ0v) is 15.3. The van der Waals surface area contributed by atoms with E-state index in [2.05, 4.69) is 30.5 Å². The van der Waals surface area contributed by atoms with Crippen LogP contribution in [-0.4, -0.2) is 31.4 Å². The first kappa shape index (κ1) is 17.4. The molecule has 3 rings (SSSR count).